The van der Waals surface area contributed by atoms with E-state index in [1.165, 1.54) is 19.3 Å². The lowest BCUT2D eigenvalue weighted by molar-refractivity contribution is 0.241. The van der Waals surface area contributed by atoms with E-state index >= 15 is 0 Å². The summed E-state index contributed by atoms with van der Waals surface area (Å²) in [5.41, 5.74) is 4.97. The zero-order valence-corrected chi connectivity index (χ0v) is 8.10. The van der Waals surface area contributed by atoms with Gasteiger partial charge >= 0.3 is 6.03 Å². The first kappa shape index (κ1) is 11.3. The lowest BCUT2D eigenvalue weighted by atomic mass is 9.96. The van der Waals surface area contributed by atoms with Crippen LogP contribution < -0.4 is 11.1 Å². The first-order valence-corrected chi connectivity index (χ1v) is 4.85. The van der Waals surface area contributed by atoms with Crippen LogP contribution in [0.5, 0.6) is 0 Å². The summed E-state index contributed by atoms with van der Waals surface area (Å²) in [4.78, 5) is 10.4. The van der Waals surface area contributed by atoms with Crippen LogP contribution in [-0.4, -0.2) is 12.1 Å². The summed E-state index contributed by atoms with van der Waals surface area (Å²) in [6.07, 6.45) is 5.96. The van der Waals surface area contributed by atoms with E-state index in [0.29, 0.717) is 6.04 Å². The quantitative estimate of drug-likeness (QED) is 0.624. The number of hydrogen-bond donors (Lipinski definition) is 2. The van der Waals surface area contributed by atoms with E-state index in [4.69, 9.17) is 5.73 Å². The molecule has 0 aromatic carbocycles. The third kappa shape index (κ3) is 4.99. The molecule has 3 heteroatoms. The van der Waals surface area contributed by atoms with Crippen molar-refractivity contribution in [3.8, 4) is 0 Å². The van der Waals surface area contributed by atoms with E-state index in [2.05, 4.69) is 5.32 Å². The van der Waals surface area contributed by atoms with Crippen LogP contribution in [0.1, 0.15) is 46.0 Å². The van der Waals surface area contributed by atoms with Crippen molar-refractivity contribution in [2.75, 3.05) is 0 Å². The molecule has 0 aromatic heterocycles. The van der Waals surface area contributed by atoms with E-state index in [-0.39, 0.29) is 6.03 Å². The van der Waals surface area contributed by atoms with Crippen molar-refractivity contribution in [2.24, 2.45) is 5.73 Å². The molecule has 72 valence electrons. The second-order valence-electron chi connectivity index (χ2n) is 2.84. The second kappa shape index (κ2) is 6.95. The Kier molecular flexibility index (Phi) is 6.53. The summed E-state index contributed by atoms with van der Waals surface area (Å²) in [5, 5.41) is 2.72. The third-order valence-corrected chi connectivity index (χ3v) is 1.95. The van der Waals surface area contributed by atoms with Gasteiger partial charge in [0.2, 0.25) is 0 Å². The topological polar surface area (TPSA) is 55.1 Å². The Balaban J connectivity index is 0.000000561. The fourth-order valence-corrected chi connectivity index (χ4v) is 1.45. The van der Waals surface area contributed by atoms with E-state index in [1.807, 2.05) is 13.8 Å². The molecule has 0 radical (unpaired) electrons. The van der Waals surface area contributed by atoms with Gasteiger partial charge in [-0.2, -0.15) is 0 Å². The molecule has 0 unspecified atom stereocenters. The molecule has 3 nitrogen and oxygen atoms in total. The summed E-state index contributed by atoms with van der Waals surface area (Å²) in [7, 11) is 0. The lowest BCUT2D eigenvalue weighted by Gasteiger charge is -2.21. The largest absolute Gasteiger partial charge is 0.352 e. The number of amides is 2. The van der Waals surface area contributed by atoms with Crippen LogP contribution in [0.25, 0.3) is 0 Å². The number of nitrogens with two attached hydrogens (primary N) is 1. The summed E-state index contributed by atoms with van der Waals surface area (Å²) in [5.74, 6) is 0. The monoisotopic (exact) mass is 172 g/mol. The van der Waals surface area contributed by atoms with Gasteiger partial charge in [0, 0.05) is 6.04 Å². The number of nitrogens with one attached hydrogen (secondary N) is 1. The van der Waals surface area contributed by atoms with Gasteiger partial charge in [0.25, 0.3) is 0 Å². The fraction of sp³-hybridized carbons (Fsp3) is 0.889. The zero-order chi connectivity index (χ0) is 9.40. The average Bonchev–Trinajstić information content (AvgIpc) is 2.08. The van der Waals surface area contributed by atoms with Gasteiger partial charge in [-0.15, -0.1) is 0 Å². The van der Waals surface area contributed by atoms with Crippen LogP contribution in [-0.2, 0) is 0 Å². The molecule has 0 atom stereocenters. The maximum Gasteiger partial charge on any atom is 0.312 e. The minimum Gasteiger partial charge on any atom is -0.352 e. The highest BCUT2D eigenvalue weighted by Crippen LogP contribution is 2.16. The van der Waals surface area contributed by atoms with Crippen molar-refractivity contribution in [3.63, 3.8) is 0 Å². The summed E-state index contributed by atoms with van der Waals surface area (Å²) in [6, 6.07) is -0.0295. The molecule has 0 aromatic rings. The molecule has 12 heavy (non-hydrogen) atoms. The standard InChI is InChI=1S/C7H14N2O.C2H6/c8-7(10)9-6-4-2-1-3-5-6;1-2/h6H,1-5H2,(H3,8,9,10);1-2H3. The Morgan fingerprint density at radius 2 is 1.75 bits per heavy atom. The lowest BCUT2D eigenvalue weighted by Crippen LogP contribution is -2.39. The van der Waals surface area contributed by atoms with Gasteiger partial charge in [0.15, 0.2) is 0 Å². The fourth-order valence-electron chi connectivity index (χ4n) is 1.45. The van der Waals surface area contributed by atoms with Crippen LogP contribution in [0, 0.1) is 0 Å². The van der Waals surface area contributed by atoms with Crippen LogP contribution in [0.3, 0.4) is 0 Å². The Morgan fingerprint density at radius 1 is 1.25 bits per heavy atom. The normalized spacial score (nSPS) is 17.5. The minimum atomic E-state index is -0.382. The molecular weight excluding hydrogens is 152 g/mol. The first-order valence-electron chi connectivity index (χ1n) is 4.85. The van der Waals surface area contributed by atoms with Crippen molar-refractivity contribution >= 4 is 6.03 Å². The Labute approximate surface area is 74.7 Å². The van der Waals surface area contributed by atoms with Crippen molar-refractivity contribution in [1.82, 2.24) is 5.32 Å². The van der Waals surface area contributed by atoms with Gasteiger partial charge in [0.05, 0.1) is 0 Å². The highest BCUT2D eigenvalue weighted by atomic mass is 16.2. The van der Waals surface area contributed by atoms with E-state index in [1.54, 1.807) is 0 Å². The molecule has 0 spiro atoms. The number of primary amides is 1. The maximum atomic E-state index is 10.4. The number of carbonyl (C=O) groups is 1. The highest BCUT2D eigenvalue weighted by Gasteiger charge is 2.13. The van der Waals surface area contributed by atoms with Gasteiger partial charge < -0.3 is 11.1 Å². The molecule has 1 fully saturated rings. The maximum absolute atomic E-state index is 10.4. The minimum absolute atomic E-state index is 0.353. The van der Waals surface area contributed by atoms with Gasteiger partial charge in [-0.25, -0.2) is 4.79 Å². The van der Waals surface area contributed by atoms with Crippen molar-refractivity contribution in [2.45, 2.75) is 52.0 Å². The van der Waals surface area contributed by atoms with Crippen molar-refractivity contribution in [3.05, 3.63) is 0 Å². The number of urea groups is 1. The summed E-state index contributed by atoms with van der Waals surface area (Å²) >= 11 is 0. The third-order valence-electron chi connectivity index (χ3n) is 1.95. The molecule has 0 bridgehead atoms. The van der Waals surface area contributed by atoms with Crippen molar-refractivity contribution < 1.29 is 4.79 Å². The molecule has 1 saturated carbocycles. The zero-order valence-electron chi connectivity index (χ0n) is 8.10. The van der Waals surface area contributed by atoms with E-state index in [9.17, 15) is 4.79 Å². The highest BCUT2D eigenvalue weighted by molar-refractivity contribution is 5.71. The molecule has 0 heterocycles. The summed E-state index contributed by atoms with van der Waals surface area (Å²) < 4.78 is 0. The first-order chi connectivity index (χ1) is 5.79. The average molecular weight is 172 g/mol. The van der Waals surface area contributed by atoms with Gasteiger partial charge in [-0.3, -0.25) is 0 Å². The van der Waals surface area contributed by atoms with Crippen molar-refractivity contribution in [1.29, 1.82) is 0 Å². The van der Waals surface area contributed by atoms with E-state index < -0.39 is 0 Å². The van der Waals surface area contributed by atoms with Gasteiger partial charge in [-0.1, -0.05) is 33.1 Å². The van der Waals surface area contributed by atoms with Gasteiger partial charge in [0.1, 0.15) is 0 Å². The molecule has 2 amide bonds. The second-order valence-corrected chi connectivity index (χ2v) is 2.84. The van der Waals surface area contributed by atoms with Gasteiger partial charge in [-0.05, 0) is 12.8 Å². The Hall–Kier alpha value is -0.730. The van der Waals surface area contributed by atoms with Crippen LogP contribution >= 0.6 is 0 Å². The Morgan fingerprint density at radius 3 is 2.17 bits per heavy atom. The SMILES string of the molecule is CC.NC(=O)NC1CCCCC1. The Bertz CT molecular complexity index is 120. The molecule has 0 aliphatic heterocycles. The smallest absolute Gasteiger partial charge is 0.312 e. The number of carbonyl (C=O) groups excluding carboxylic acids is 1. The molecule has 1 aliphatic rings. The molecule has 1 rings (SSSR count). The predicted molar refractivity (Wildman–Crippen MR) is 50.9 cm³/mol. The predicted octanol–water partition coefficient (Wildman–Crippen LogP) is 2.01. The number of hydrogen-bond acceptors (Lipinski definition) is 1. The molecule has 0 saturated heterocycles. The molecular formula is C9H20N2O. The molecule has 3 N–H and O–H groups in total. The van der Waals surface area contributed by atoms with Crippen LogP contribution in [0.15, 0.2) is 0 Å². The number of rotatable bonds is 1. The van der Waals surface area contributed by atoms with Crippen LogP contribution in [0.2, 0.25) is 0 Å². The van der Waals surface area contributed by atoms with E-state index in [0.717, 1.165) is 12.8 Å². The summed E-state index contributed by atoms with van der Waals surface area (Å²) in [6.45, 7) is 4.00. The molecule has 1 aliphatic carbocycles. The van der Waals surface area contributed by atoms with Crippen LogP contribution in [0.4, 0.5) is 4.79 Å².